The van der Waals surface area contributed by atoms with Crippen molar-refractivity contribution in [3.05, 3.63) is 54.6 Å². The van der Waals surface area contributed by atoms with Crippen LogP contribution in [0.4, 0.5) is 21.9 Å². The lowest BCUT2D eigenvalue weighted by molar-refractivity contribution is -0.116. The predicted octanol–water partition coefficient (Wildman–Crippen LogP) is 4.56. The number of amides is 3. The molecular formula is C23H30N4O2. The lowest BCUT2D eigenvalue weighted by Crippen LogP contribution is -2.50. The second kappa shape index (κ2) is 10.5. The number of hydrogen-bond acceptors (Lipinski definition) is 3. The van der Waals surface area contributed by atoms with E-state index in [1.807, 2.05) is 59.5 Å². The molecule has 1 aliphatic rings. The molecule has 6 heteroatoms. The summed E-state index contributed by atoms with van der Waals surface area (Å²) in [7, 11) is 0. The fourth-order valence-corrected chi connectivity index (χ4v) is 3.41. The van der Waals surface area contributed by atoms with Crippen LogP contribution in [0.5, 0.6) is 0 Å². The summed E-state index contributed by atoms with van der Waals surface area (Å²) >= 11 is 0. The Bertz CT molecular complexity index is 784. The molecule has 1 fully saturated rings. The number of nitrogens with zero attached hydrogens (tertiary/aromatic N) is 2. The summed E-state index contributed by atoms with van der Waals surface area (Å²) in [6.07, 6.45) is 3.70. The summed E-state index contributed by atoms with van der Waals surface area (Å²) in [5, 5.41) is 5.90. The van der Waals surface area contributed by atoms with Gasteiger partial charge in [0, 0.05) is 49.7 Å². The highest BCUT2D eigenvalue weighted by Crippen LogP contribution is 2.20. The average Bonchev–Trinajstić information content (AvgIpc) is 2.75. The van der Waals surface area contributed by atoms with E-state index in [4.69, 9.17) is 0 Å². The van der Waals surface area contributed by atoms with Crippen molar-refractivity contribution in [1.29, 1.82) is 0 Å². The van der Waals surface area contributed by atoms with Gasteiger partial charge in [0.05, 0.1) is 0 Å². The van der Waals surface area contributed by atoms with Gasteiger partial charge < -0.3 is 20.4 Å². The number of anilines is 3. The summed E-state index contributed by atoms with van der Waals surface area (Å²) in [4.78, 5) is 28.5. The van der Waals surface area contributed by atoms with E-state index in [1.54, 1.807) is 0 Å². The third kappa shape index (κ3) is 6.24. The van der Waals surface area contributed by atoms with Gasteiger partial charge in [0.1, 0.15) is 0 Å². The molecule has 0 saturated carbocycles. The van der Waals surface area contributed by atoms with Crippen molar-refractivity contribution in [2.24, 2.45) is 0 Å². The molecule has 2 N–H and O–H groups in total. The lowest BCUT2D eigenvalue weighted by Gasteiger charge is -2.36. The van der Waals surface area contributed by atoms with Crippen LogP contribution in [-0.4, -0.2) is 43.0 Å². The zero-order valence-corrected chi connectivity index (χ0v) is 17.1. The molecule has 0 radical (unpaired) electrons. The van der Waals surface area contributed by atoms with Gasteiger partial charge in [0.2, 0.25) is 5.91 Å². The van der Waals surface area contributed by atoms with Gasteiger partial charge in [-0.05, 0) is 42.8 Å². The smallest absolute Gasteiger partial charge is 0.321 e. The normalized spacial score (nSPS) is 13.8. The first-order valence-corrected chi connectivity index (χ1v) is 10.4. The van der Waals surface area contributed by atoms with Gasteiger partial charge in [-0.15, -0.1) is 0 Å². The van der Waals surface area contributed by atoms with E-state index >= 15 is 0 Å². The van der Waals surface area contributed by atoms with Gasteiger partial charge in [0.25, 0.3) is 0 Å². The molecule has 2 aromatic rings. The number of piperazine rings is 1. The Morgan fingerprint density at radius 1 is 0.828 bits per heavy atom. The quantitative estimate of drug-likeness (QED) is 0.677. The molecule has 1 aliphatic heterocycles. The summed E-state index contributed by atoms with van der Waals surface area (Å²) in [6.45, 7) is 5.05. The Balaban J connectivity index is 1.45. The Hall–Kier alpha value is -3.02. The number of para-hydroxylation sites is 1. The van der Waals surface area contributed by atoms with E-state index in [9.17, 15) is 9.59 Å². The van der Waals surface area contributed by atoms with Crippen molar-refractivity contribution in [2.45, 2.75) is 32.6 Å². The SMILES string of the molecule is CCCCCC(=O)Nc1ccc(N2CCN(C(=O)Nc3ccccc3)CC2)cc1. The molecule has 1 heterocycles. The third-order valence-corrected chi connectivity index (χ3v) is 5.12. The van der Waals surface area contributed by atoms with Gasteiger partial charge >= 0.3 is 6.03 Å². The molecule has 154 valence electrons. The minimum Gasteiger partial charge on any atom is -0.368 e. The molecule has 0 bridgehead atoms. The molecule has 2 aromatic carbocycles. The van der Waals surface area contributed by atoms with Crippen LogP contribution >= 0.6 is 0 Å². The molecule has 0 spiro atoms. The second-order valence-corrected chi connectivity index (χ2v) is 7.32. The van der Waals surface area contributed by atoms with Crippen molar-refractivity contribution >= 4 is 29.0 Å². The Morgan fingerprint density at radius 3 is 2.14 bits per heavy atom. The van der Waals surface area contributed by atoms with Gasteiger partial charge in [-0.3, -0.25) is 4.79 Å². The van der Waals surface area contributed by atoms with Crippen LogP contribution in [0.1, 0.15) is 32.6 Å². The molecule has 6 nitrogen and oxygen atoms in total. The standard InChI is InChI=1S/C23H30N4O2/c1-2-3-5-10-22(28)24-20-11-13-21(14-12-20)26-15-17-27(18-16-26)23(29)25-19-8-6-4-7-9-19/h4,6-9,11-14H,2-3,5,10,15-18H2,1H3,(H,24,28)(H,25,29). The topological polar surface area (TPSA) is 64.7 Å². The minimum absolute atomic E-state index is 0.0583. The molecule has 3 rings (SSSR count). The fraction of sp³-hybridized carbons (Fsp3) is 0.391. The third-order valence-electron chi connectivity index (χ3n) is 5.12. The predicted molar refractivity (Wildman–Crippen MR) is 118 cm³/mol. The van der Waals surface area contributed by atoms with Crippen LogP contribution in [0.15, 0.2) is 54.6 Å². The molecule has 3 amide bonds. The highest BCUT2D eigenvalue weighted by molar-refractivity contribution is 5.91. The molecule has 1 saturated heterocycles. The van der Waals surface area contributed by atoms with Crippen molar-refractivity contribution in [1.82, 2.24) is 4.90 Å². The van der Waals surface area contributed by atoms with Crippen molar-refractivity contribution < 1.29 is 9.59 Å². The molecule has 0 aromatic heterocycles. The van der Waals surface area contributed by atoms with E-state index in [0.29, 0.717) is 19.5 Å². The Labute approximate surface area is 172 Å². The molecule has 29 heavy (non-hydrogen) atoms. The first kappa shape index (κ1) is 20.7. The second-order valence-electron chi connectivity index (χ2n) is 7.32. The van der Waals surface area contributed by atoms with Crippen molar-refractivity contribution in [3.63, 3.8) is 0 Å². The lowest BCUT2D eigenvalue weighted by atomic mass is 10.2. The average molecular weight is 395 g/mol. The zero-order chi connectivity index (χ0) is 20.5. The maximum Gasteiger partial charge on any atom is 0.321 e. The largest absolute Gasteiger partial charge is 0.368 e. The number of urea groups is 1. The van der Waals surface area contributed by atoms with Crippen LogP contribution in [-0.2, 0) is 4.79 Å². The van der Waals surface area contributed by atoms with Crippen molar-refractivity contribution in [3.8, 4) is 0 Å². The number of benzene rings is 2. The van der Waals surface area contributed by atoms with Crippen LogP contribution in [0.2, 0.25) is 0 Å². The first-order chi connectivity index (χ1) is 14.2. The maximum absolute atomic E-state index is 12.4. The van der Waals surface area contributed by atoms with Gasteiger partial charge in [-0.1, -0.05) is 38.0 Å². The molecule has 0 atom stereocenters. The molecule has 0 aliphatic carbocycles. The van der Waals surface area contributed by atoms with Crippen LogP contribution in [0, 0.1) is 0 Å². The van der Waals surface area contributed by atoms with Gasteiger partial charge in [-0.2, -0.15) is 0 Å². The number of hydrogen-bond donors (Lipinski definition) is 2. The van der Waals surface area contributed by atoms with E-state index in [0.717, 1.165) is 49.4 Å². The van der Waals surface area contributed by atoms with E-state index in [2.05, 4.69) is 22.5 Å². The highest BCUT2D eigenvalue weighted by atomic mass is 16.2. The minimum atomic E-state index is -0.0583. The Kier molecular flexibility index (Phi) is 7.50. The van der Waals surface area contributed by atoms with E-state index in [-0.39, 0.29) is 11.9 Å². The molecular weight excluding hydrogens is 364 g/mol. The zero-order valence-electron chi connectivity index (χ0n) is 17.1. The first-order valence-electron chi connectivity index (χ1n) is 10.4. The number of rotatable bonds is 7. The maximum atomic E-state index is 12.4. The fourth-order valence-electron chi connectivity index (χ4n) is 3.41. The van der Waals surface area contributed by atoms with Crippen molar-refractivity contribution in [2.75, 3.05) is 41.7 Å². The molecule has 0 unspecified atom stereocenters. The number of carbonyl (C=O) groups is 2. The number of nitrogens with one attached hydrogen (secondary N) is 2. The number of carbonyl (C=O) groups excluding carboxylic acids is 2. The highest BCUT2D eigenvalue weighted by Gasteiger charge is 2.21. The van der Waals surface area contributed by atoms with E-state index in [1.165, 1.54) is 0 Å². The van der Waals surface area contributed by atoms with Crippen LogP contribution < -0.4 is 15.5 Å². The summed E-state index contributed by atoms with van der Waals surface area (Å²) in [5.41, 5.74) is 2.75. The van der Waals surface area contributed by atoms with Gasteiger partial charge in [-0.25, -0.2) is 4.79 Å². The van der Waals surface area contributed by atoms with Gasteiger partial charge in [0.15, 0.2) is 0 Å². The summed E-state index contributed by atoms with van der Waals surface area (Å²) < 4.78 is 0. The van der Waals surface area contributed by atoms with E-state index < -0.39 is 0 Å². The van der Waals surface area contributed by atoms with Crippen LogP contribution in [0.3, 0.4) is 0 Å². The Morgan fingerprint density at radius 2 is 1.48 bits per heavy atom. The monoisotopic (exact) mass is 394 g/mol. The summed E-state index contributed by atoms with van der Waals surface area (Å²) in [6, 6.07) is 17.4. The summed E-state index contributed by atoms with van der Waals surface area (Å²) in [5.74, 6) is 0.0734. The number of unbranched alkanes of at least 4 members (excludes halogenated alkanes) is 2. The van der Waals surface area contributed by atoms with Crippen LogP contribution in [0.25, 0.3) is 0 Å².